The number of nitrogens with one attached hydrogen (secondary N) is 1. The Morgan fingerprint density at radius 2 is 1.89 bits per heavy atom. The maximum absolute atomic E-state index is 11.0. The monoisotopic (exact) mass is 301 g/mol. The fraction of sp³-hybridized carbons (Fsp3) is 0.571. The van der Waals surface area contributed by atoms with Gasteiger partial charge in [0.25, 0.3) is 0 Å². The molecule has 0 atom stereocenters. The fourth-order valence-corrected chi connectivity index (χ4v) is 3.23. The lowest BCUT2D eigenvalue weighted by Crippen LogP contribution is -2.40. The second-order valence-electron chi connectivity index (χ2n) is 5.35. The first-order chi connectivity index (χ1) is 8.94. The molecule has 1 N–H and O–H groups in total. The quantitative estimate of drug-likeness (QED) is 0.822. The van der Waals surface area contributed by atoms with Crippen LogP contribution >= 0.6 is 11.6 Å². The largest absolute Gasteiger partial charge is 0.314 e. The van der Waals surface area contributed by atoms with Gasteiger partial charge in [-0.15, -0.1) is 0 Å². The molecule has 2 rings (SSSR count). The summed E-state index contributed by atoms with van der Waals surface area (Å²) in [5.74, 6) is 0.887. The Balaban J connectivity index is 1.65. The predicted molar refractivity (Wildman–Crippen MR) is 79.5 cm³/mol. The van der Waals surface area contributed by atoms with Crippen molar-refractivity contribution in [3.63, 3.8) is 0 Å². The Kier molecular flexibility index (Phi) is 4.87. The van der Waals surface area contributed by atoms with Crippen LogP contribution in [-0.2, 0) is 9.84 Å². The van der Waals surface area contributed by atoms with E-state index in [2.05, 4.69) is 17.4 Å². The van der Waals surface area contributed by atoms with Gasteiger partial charge in [0, 0.05) is 17.3 Å². The first-order valence-electron chi connectivity index (χ1n) is 6.60. The van der Waals surface area contributed by atoms with E-state index in [1.165, 1.54) is 11.8 Å². The van der Waals surface area contributed by atoms with Gasteiger partial charge in [-0.3, -0.25) is 0 Å². The van der Waals surface area contributed by atoms with E-state index in [1.54, 1.807) is 0 Å². The van der Waals surface area contributed by atoms with Crippen LogP contribution in [0.15, 0.2) is 24.3 Å². The van der Waals surface area contributed by atoms with Gasteiger partial charge < -0.3 is 5.32 Å². The predicted octanol–water partition coefficient (Wildman–Crippen LogP) is 2.61. The van der Waals surface area contributed by atoms with Crippen molar-refractivity contribution in [3.05, 3.63) is 34.9 Å². The van der Waals surface area contributed by atoms with Crippen molar-refractivity contribution in [2.45, 2.75) is 31.2 Å². The van der Waals surface area contributed by atoms with Gasteiger partial charge in [-0.25, -0.2) is 8.42 Å². The Morgan fingerprint density at radius 1 is 1.26 bits per heavy atom. The van der Waals surface area contributed by atoms with E-state index in [9.17, 15) is 8.42 Å². The summed E-state index contributed by atoms with van der Waals surface area (Å²) in [6.07, 6.45) is 4.23. The molecule has 1 aromatic carbocycles. The highest BCUT2D eigenvalue weighted by molar-refractivity contribution is 7.90. The summed E-state index contributed by atoms with van der Waals surface area (Å²) in [6.45, 7) is 0.783. The van der Waals surface area contributed by atoms with Crippen LogP contribution in [0.4, 0.5) is 0 Å². The van der Waals surface area contributed by atoms with Crippen molar-refractivity contribution in [3.8, 4) is 0 Å². The zero-order valence-electron chi connectivity index (χ0n) is 11.1. The van der Waals surface area contributed by atoms with E-state index in [1.807, 2.05) is 12.1 Å². The minimum atomic E-state index is -2.82. The van der Waals surface area contributed by atoms with Crippen molar-refractivity contribution in [1.29, 1.82) is 0 Å². The highest BCUT2D eigenvalue weighted by Gasteiger charge is 2.29. The third-order valence-corrected chi connectivity index (χ3v) is 4.89. The maximum atomic E-state index is 11.0. The Bertz CT molecular complexity index is 507. The van der Waals surface area contributed by atoms with Gasteiger partial charge in [0.1, 0.15) is 9.84 Å². The molecule has 1 saturated carbocycles. The van der Waals surface area contributed by atoms with Gasteiger partial charge >= 0.3 is 0 Å². The highest BCUT2D eigenvalue weighted by Crippen LogP contribution is 2.37. The minimum absolute atomic E-state index is 0.271. The molecule has 0 bridgehead atoms. The number of hydrogen-bond acceptors (Lipinski definition) is 3. The summed E-state index contributed by atoms with van der Waals surface area (Å²) in [5, 5.41) is 4.19. The number of sulfone groups is 1. The lowest BCUT2D eigenvalue weighted by molar-refractivity contribution is 0.292. The topological polar surface area (TPSA) is 46.2 Å². The number of halogens is 1. The molecule has 0 heterocycles. The molecule has 19 heavy (non-hydrogen) atoms. The Labute approximate surface area is 120 Å². The fourth-order valence-electron chi connectivity index (χ4n) is 2.43. The van der Waals surface area contributed by atoms with Crippen LogP contribution in [0.2, 0.25) is 5.02 Å². The van der Waals surface area contributed by atoms with Gasteiger partial charge in [-0.1, -0.05) is 23.7 Å². The van der Waals surface area contributed by atoms with E-state index in [0.717, 1.165) is 24.4 Å². The molecule has 0 amide bonds. The average molecular weight is 302 g/mol. The number of hydrogen-bond donors (Lipinski definition) is 1. The first-order valence-corrected chi connectivity index (χ1v) is 9.04. The van der Waals surface area contributed by atoms with E-state index in [0.29, 0.717) is 18.4 Å². The van der Waals surface area contributed by atoms with Crippen LogP contribution in [0.1, 0.15) is 30.7 Å². The van der Waals surface area contributed by atoms with Gasteiger partial charge in [0.15, 0.2) is 0 Å². The summed E-state index contributed by atoms with van der Waals surface area (Å²) in [7, 11) is -2.82. The third-order valence-electron chi connectivity index (χ3n) is 3.60. The molecule has 106 valence electrons. The van der Waals surface area contributed by atoms with Crippen LogP contribution in [0.3, 0.4) is 0 Å². The van der Waals surface area contributed by atoms with Gasteiger partial charge in [0.05, 0.1) is 5.75 Å². The van der Waals surface area contributed by atoms with Crippen molar-refractivity contribution >= 4 is 21.4 Å². The van der Waals surface area contributed by atoms with E-state index < -0.39 is 9.84 Å². The standard InChI is InChI=1S/C14H20ClNO2S/c1-19(17,18)8-2-7-16-14-9-12(10-14)11-3-5-13(15)6-4-11/h3-6,12,14,16H,2,7-10H2,1H3. The molecular weight excluding hydrogens is 282 g/mol. The molecule has 3 nitrogen and oxygen atoms in total. The molecule has 0 radical (unpaired) electrons. The molecular formula is C14H20ClNO2S. The lowest BCUT2D eigenvalue weighted by Gasteiger charge is -2.36. The summed E-state index contributed by atoms with van der Waals surface area (Å²) in [5.41, 5.74) is 1.35. The zero-order valence-corrected chi connectivity index (χ0v) is 12.7. The van der Waals surface area contributed by atoms with Crippen molar-refractivity contribution in [2.24, 2.45) is 0 Å². The smallest absolute Gasteiger partial charge is 0.147 e. The highest BCUT2D eigenvalue weighted by atomic mass is 35.5. The summed E-state index contributed by atoms with van der Waals surface area (Å²) in [4.78, 5) is 0. The maximum Gasteiger partial charge on any atom is 0.147 e. The molecule has 0 saturated heterocycles. The van der Waals surface area contributed by atoms with Crippen LogP contribution in [0, 0.1) is 0 Å². The Hall–Kier alpha value is -0.580. The summed E-state index contributed by atoms with van der Waals surface area (Å²) in [6, 6.07) is 8.58. The molecule has 1 aliphatic carbocycles. The average Bonchev–Trinajstić information content (AvgIpc) is 2.27. The first kappa shape index (κ1) is 14.8. The van der Waals surface area contributed by atoms with Crippen LogP contribution in [0.5, 0.6) is 0 Å². The number of benzene rings is 1. The van der Waals surface area contributed by atoms with Crippen molar-refractivity contribution in [1.82, 2.24) is 5.32 Å². The lowest BCUT2D eigenvalue weighted by atomic mass is 9.76. The molecule has 1 aromatic rings. The second kappa shape index (κ2) is 6.25. The molecule has 1 aliphatic rings. The van der Waals surface area contributed by atoms with Crippen LogP contribution < -0.4 is 5.32 Å². The van der Waals surface area contributed by atoms with Crippen molar-refractivity contribution in [2.75, 3.05) is 18.6 Å². The normalized spacial score (nSPS) is 23.1. The van der Waals surface area contributed by atoms with Gasteiger partial charge in [-0.05, 0) is 49.4 Å². The number of rotatable bonds is 6. The molecule has 5 heteroatoms. The van der Waals surface area contributed by atoms with Crippen molar-refractivity contribution < 1.29 is 8.42 Å². The molecule has 0 aromatic heterocycles. The van der Waals surface area contributed by atoms with E-state index in [-0.39, 0.29) is 5.75 Å². The second-order valence-corrected chi connectivity index (χ2v) is 8.05. The van der Waals surface area contributed by atoms with E-state index >= 15 is 0 Å². The molecule has 0 unspecified atom stereocenters. The van der Waals surface area contributed by atoms with Gasteiger partial charge in [-0.2, -0.15) is 0 Å². The summed E-state index contributed by atoms with van der Waals surface area (Å²) >= 11 is 5.87. The van der Waals surface area contributed by atoms with Crippen LogP contribution in [-0.4, -0.2) is 33.0 Å². The van der Waals surface area contributed by atoms with E-state index in [4.69, 9.17) is 11.6 Å². The molecule has 1 fully saturated rings. The van der Waals surface area contributed by atoms with Gasteiger partial charge in [0.2, 0.25) is 0 Å². The minimum Gasteiger partial charge on any atom is -0.314 e. The molecule has 0 aliphatic heterocycles. The SMILES string of the molecule is CS(=O)(=O)CCCNC1CC(c2ccc(Cl)cc2)C1. The van der Waals surface area contributed by atoms with Crippen LogP contribution in [0.25, 0.3) is 0 Å². The Morgan fingerprint density at radius 3 is 2.47 bits per heavy atom. The zero-order chi connectivity index (χ0) is 13.9. The molecule has 0 spiro atoms. The third kappa shape index (κ3) is 4.79. The summed E-state index contributed by atoms with van der Waals surface area (Å²) < 4.78 is 22.0.